The molecular formula is C23H34N6O2. The van der Waals surface area contributed by atoms with E-state index in [4.69, 9.17) is 4.74 Å². The number of piperidine rings is 1. The molecule has 168 valence electrons. The summed E-state index contributed by atoms with van der Waals surface area (Å²) in [6, 6.07) is 6.39. The summed E-state index contributed by atoms with van der Waals surface area (Å²) in [5, 5.41) is 11.9. The molecule has 1 atom stereocenters. The average Bonchev–Trinajstić information content (AvgIpc) is 3.04. The molecule has 4 rings (SSSR count). The fourth-order valence-electron chi connectivity index (χ4n) is 4.70. The van der Waals surface area contributed by atoms with Crippen molar-refractivity contribution >= 4 is 5.91 Å². The summed E-state index contributed by atoms with van der Waals surface area (Å²) >= 11 is 0. The Kier molecular flexibility index (Phi) is 6.87. The Bertz CT molecular complexity index is 911. The number of likely N-dealkylation sites (tertiary alicyclic amines) is 1. The molecule has 1 aromatic carbocycles. The minimum absolute atomic E-state index is 0.0775. The summed E-state index contributed by atoms with van der Waals surface area (Å²) in [6.45, 7) is 8.08. The molecule has 2 aliphatic rings. The summed E-state index contributed by atoms with van der Waals surface area (Å²) in [5.41, 5.74) is 2.45. The normalized spacial score (nSPS) is 20.2. The van der Waals surface area contributed by atoms with Crippen molar-refractivity contribution in [2.24, 2.45) is 5.92 Å². The number of methoxy groups -OCH3 is 1. The maximum Gasteiger partial charge on any atom is 0.224 e. The molecule has 3 heterocycles. The fraction of sp³-hybridized carbons (Fsp3) is 0.609. The van der Waals surface area contributed by atoms with Gasteiger partial charge in [0.1, 0.15) is 11.6 Å². The van der Waals surface area contributed by atoms with E-state index in [0.717, 1.165) is 81.5 Å². The van der Waals surface area contributed by atoms with Crippen molar-refractivity contribution in [2.75, 3.05) is 40.3 Å². The zero-order valence-corrected chi connectivity index (χ0v) is 18.9. The van der Waals surface area contributed by atoms with Gasteiger partial charge < -0.3 is 19.5 Å². The number of aromatic nitrogens is 3. The summed E-state index contributed by atoms with van der Waals surface area (Å²) in [7, 11) is 3.79. The van der Waals surface area contributed by atoms with Gasteiger partial charge in [-0.25, -0.2) is 0 Å². The van der Waals surface area contributed by atoms with E-state index < -0.39 is 0 Å². The van der Waals surface area contributed by atoms with Gasteiger partial charge in [0.25, 0.3) is 0 Å². The number of hydrogen-bond acceptors (Lipinski definition) is 6. The Hall–Kier alpha value is -2.45. The van der Waals surface area contributed by atoms with Crippen molar-refractivity contribution < 1.29 is 9.53 Å². The number of benzene rings is 1. The summed E-state index contributed by atoms with van der Waals surface area (Å²) in [4.78, 5) is 17.3. The molecule has 8 nitrogen and oxygen atoms in total. The molecule has 0 bridgehead atoms. The molecule has 31 heavy (non-hydrogen) atoms. The molecule has 1 N–H and O–H groups in total. The molecule has 2 aromatic rings. The molecule has 1 fully saturated rings. The molecule has 1 unspecified atom stereocenters. The lowest BCUT2D eigenvalue weighted by atomic mass is 9.98. The number of nitrogens with zero attached hydrogens (tertiary/aromatic N) is 5. The topological polar surface area (TPSA) is 75.5 Å². The predicted molar refractivity (Wildman–Crippen MR) is 119 cm³/mol. The predicted octanol–water partition coefficient (Wildman–Crippen LogP) is 1.61. The van der Waals surface area contributed by atoms with Crippen molar-refractivity contribution in [2.45, 2.75) is 45.8 Å². The molecule has 1 saturated heterocycles. The van der Waals surface area contributed by atoms with Gasteiger partial charge in [0.15, 0.2) is 5.82 Å². The van der Waals surface area contributed by atoms with Gasteiger partial charge in [0.2, 0.25) is 5.91 Å². The van der Waals surface area contributed by atoms with E-state index in [1.165, 1.54) is 5.56 Å². The van der Waals surface area contributed by atoms with E-state index in [-0.39, 0.29) is 11.8 Å². The van der Waals surface area contributed by atoms with Crippen LogP contribution in [0, 0.1) is 12.8 Å². The average molecular weight is 427 g/mol. The van der Waals surface area contributed by atoms with Gasteiger partial charge in [-0.2, -0.15) is 0 Å². The van der Waals surface area contributed by atoms with E-state index in [1.54, 1.807) is 7.11 Å². The second-order valence-electron chi connectivity index (χ2n) is 8.83. The lowest BCUT2D eigenvalue weighted by molar-refractivity contribution is -0.126. The van der Waals surface area contributed by atoms with E-state index in [0.29, 0.717) is 6.54 Å². The van der Waals surface area contributed by atoms with E-state index in [1.807, 2.05) is 6.07 Å². The first-order valence-electron chi connectivity index (χ1n) is 11.3. The molecule has 0 aliphatic carbocycles. The van der Waals surface area contributed by atoms with Crippen molar-refractivity contribution in [1.29, 1.82) is 0 Å². The smallest absolute Gasteiger partial charge is 0.224 e. The van der Waals surface area contributed by atoms with Gasteiger partial charge in [-0.15, -0.1) is 10.2 Å². The number of carbonyl (C=O) groups excluding carboxylic acids is 1. The van der Waals surface area contributed by atoms with E-state index in [2.05, 4.69) is 56.0 Å². The van der Waals surface area contributed by atoms with Crippen LogP contribution in [0.2, 0.25) is 0 Å². The summed E-state index contributed by atoms with van der Waals surface area (Å²) < 4.78 is 7.56. The number of hydrogen-bond donors (Lipinski definition) is 1. The van der Waals surface area contributed by atoms with Crippen molar-refractivity contribution in [3.63, 3.8) is 0 Å². The van der Waals surface area contributed by atoms with Crippen LogP contribution in [0.25, 0.3) is 0 Å². The van der Waals surface area contributed by atoms with E-state index in [9.17, 15) is 4.79 Å². The number of rotatable bonds is 6. The van der Waals surface area contributed by atoms with Gasteiger partial charge in [0, 0.05) is 39.1 Å². The molecule has 8 heteroatoms. The molecule has 0 radical (unpaired) electrons. The van der Waals surface area contributed by atoms with Crippen LogP contribution >= 0.6 is 0 Å². The third kappa shape index (κ3) is 5.25. The first kappa shape index (κ1) is 21.8. The number of fused-ring (bicyclic) bond motifs is 1. The first-order chi connectivity index (χ1) is 15.0. The number of carbonyl (C=O) groups is 1. The maximum atomic E-state index is 12.6. The van der Waals surface area contributed by atoms with Gasteiger partial charge in [-0.1, -0.05) is 12.1 Å². The minimum atomic E-state index is 0.0775. The minimum Gasteiger partial charge on any atom is -0.496 e. The Morgan fingerprint density at radius 1 is 1.23 bits per heavy atom. The zero-order valence-electron chi connectivity index (χ0n) is 18.9. The van der Waals surface area contributed by atoms with Crippen LogP contribution < -0.4 is 10.1 Å². The van der Waals surface area contributed by atoms with Crippen molar-refractivity contribution in [3.05, 3.63) is 41.0 Å². The molecule has 1 aromatic heterocycles. The summed E-state index contributed by atoms with van der Waals surface area (Å²) in [6.07, 6.45) is 2.91. The number of aryl methyl sites for hydroxylation is 1. The SMILES string of the molecule is COc1ccc(CN2CCc3nnc(CNC(=O)C4CCCN(C)C4)n3CC2)cc1C. The third-order valence-electron chi connectivity index (χ3n) is 6.48. The summed E-state index contributed by atoms with van der Waals surface area (Å²) in [5.74, 6) is 3.00. The van der Waals surface area contributed by atoms with Gasteiger partial charge in [-0.05, 0) is 50.6 Å². The zero-order chi connectivity index (χ0) is 21.8. The van der Waals surface area contributed by atoms with Crippen LogP contribution in [-0.2, 0) is 30.8 Å². The molecular weight excluding hydrogens is 392 g/mol. The highest BCUT2D eigenvalue weighted by molar-refractivity contribution is 5.78. The maximum absolute atomic E-state index is 12.6. The van der Waals surface area contributed by atoms with E-state index >= 15 is 0 Å². The standard InChI is InChI=1S/C23H34N6O2/c1-17-13-18(6-7-20(17)31-3)15-28-10-8-21-25-26-22(29(21)12-11-28)14-24-23(30)19-5-4-9-27(2)16-19/h6-7,13,19H,4-5,8-12,14-16H2,1-3H3,(H,24,30). The molecule has 2 aliphatic heterocycles. The fourth-order valence-corrected chi connectivity index (χ4v) is 4.70. The molecule has 1 amide bonds. The number of amides is 1. The van der Waals surface area contributed by atoms with Crippen LogP contribution in [0.3, 0.4) is 0 Å². The van der Waals surface area contributed by atoms with Crippen LogP contribution in [-0.4, -0.2) is 70.8 Å². The highest BCUT2D eigenvalue weighted by Crippen LogP contribution is 2.20. The number of ether oxygens (including phenoxy) is 1. The monoisotopic (exact) mass is 426 g/mol. The second-order valence-corrected chi connectivity index (χ2v) is 8.83. The largest absolute Gasteiger partial charge is 0.496 e. The van der Waals surface area contributed by atoms with Crippen LogP contribution in [0.1, 0.15) is 35.6 Å². The Morgan fingerprint density at radius 2 is 2.10 bits per heavy atom. The van der Waals surface area contributed by atoms with Crippen LogP contribution in [0.4, 0.5) is 0 Å². The third-order valence-corrected chi connectivity index (χ3v) is 6.48. The molecule has 0 saturated carbocycles. The Morgan fingerprint density at radius 3 is 2.87 bits per heavy atom. The first-order valence-corrected chi connectivity index (χ1v) is 11.3. The quantitative estimate of drug-likeness (QED) is 0.757. The van der Waals surface area contributed by atoms with Crippen LogP contribution in [0.15, 0.2) is 18.2 Å². The van der Waals surface area contributed by atoms with Crippen molar-refractivity contribution in [3.8, 4) is 5.75 Å². The Balaban J connectivity index is 1.33. The highest BCUT2D eigenvalue weighted by atomic mass is 16.5. The van der Waals surface area contributed by atoms with Gasteiger partial charge in [-0.3, -0.25) is 9.69 Å². The van der Waals surface area contributed by atoms with Gasteiger partial charge >= 0.3 is 0 Å². The Labute approximate surface area is 184 Å². The van der Waals surface area contributed by atoms with Gasteiger partial charge in [0.05, 0.1) is 19.6 Å². The highest BCUT2D eigenvalue weighted by Gasteiger charge is 2.25. The van der Waals surface area contributed by atoms with Crippen LogP contribution in [0.5, 0.6) is 5.75 Å². The van der Waals surface area contributed by atoms with Crippen molar-refractivity contribution in [1.82, 2.24) is 29.9 Å². The lowest BCUT2D eigenvalue weighted by Crippen LogP contribution is -2.41. The number of nitrogens with one attached hydrogen (secondary N) is 1. The second kappa shape index (κ2) is 9.78. The lowest BCUT2D eigenvalue weighted by Gasteiger charge is -2.28. The molecule has 0 spiro atoms.